The van der Waals surface area contributed by atoms with Crippen molar-refractivity contribution in [3.05, 3.63) is 18.2 Å². The van der Waals surface area contributed by atoms with Crippen molar-refractivity contribution in [1.29, 1.82) is 0 Å². The molecule has 7 nitrogen and oxygen atoms in total. The van der Waals surface area contributed by atoms with Crippen molar-refractivity contribution in [3.8, 4) is 0 Å². The predicted octanol–water partition coefficient (Wildman–Crippen LogP) is 1.02. The molecule has 18 heavy (non-hydrogen) atoms. The molecule has 0 aliphatic heterocycles. The number of nitrogens with zero attached hydrogens (tertiary/aromatic N) is 1. The first kappa shape index (κ1) is 14.0. The standard InChI is InChI=1S/C11H18N4O3/c1-3-4-8(10(16)17)15-11(18)14-7(2)9-12-5-6-13-9/h5-8H,3-4H2,1-2H3,(H,12,13)(H,16,17)(H2,14,15,18). The van der Waals surface area contributed by atoms with E-state index < -0.39 is 18.0 Å². The number of carbonyl (C=O) groups excluding carboxylic acids is 1. The minimum absolute atomic E-state index is 0.309. The van der Waals surface area contributed by atoms with Crippen molar-refractivity contribution in [1.82, 2.24) is 20.6 Å². The zero-order valence-electron chi connectivity index (χ0n) is 10.4. The Morgan fingerprint density at radius 1 is 1.50 bits per heavy atom. The highest BCUT2D eigenvalue weighted by atomic mass is 16.4. The molecule has 0 saturated heterocycles. The number of imidazole rings is 1. The lowest BCUT2D eigenvalue weighted by atomic mass is 10.2. The number of rotatable bonds is 6. The first-order chi connectivity index (χ1) is 8.54. The number of hydrogen-bond donors (Lipinski definition) is 4. The van der Waals surface area contributed by atoms with E-state index in [2.05, 4.69) is 20.6 Å². The highest BCUT2D eigenvalue weighted by Crippen LogP contribution is 2.05. The van der Waals surface area contributed by atoms with Crippen molar-refractivity contribution in [2.24, 2.45) is 0 Å². The summed E-state index contributed by atoms with van der Waals surface area (Å²) < 4.78 is 0. The Bertz CT molecular complexity index is 391. The van der Waals surface area contributed by atoms with Crippen LogP contribution in [0.5, 0.6) is 0 Å². The number of H-pyrrole nitrogens is 1. The summed E-state index contributed by atoms with van der Waals surface area (Å²) in [6, 6.07) is -1.69. The highest BCUT2D eigenvalue weighted by molar-refractivity contribution is 5.82. The molecule has 0 spiro atoms. The summed E-state index contributed by atoms with van der Waals surface area (Å²) in [5.41, 5.74) is 0. The van der Waals surface area contributed by atoms with Gasteiger partial charge >= 0.3 is 12.0 Å². The molecule has 2 amide bonds. The van der Waals surface area contributed by atoms with Gasteiger partial charge in [0.05, 0.1) is 6.04 Å². The SMILES string of the molecule is CCCC(NC(=O)NC(C)c1ncc[nH]1)C(=O)O. The van der Waals surface area contributed by atoms with E-state index in [1.807, 2.05) is 6.92 Å². The molecule has 1 aromatic heterocycles. The Hall–Kier alpha value is -2.05. The van der Waals surface area contributed by atoms with E-state index in [-0.39, 0.29) is 6.04 Å². The molecular weight excluding hydrogens is 236 g/mol. The van der Waals surface area contributed by atoms with Crippen molar-refractivity contribution >= 4 is 12.0 Å². The molecule has 0 radical (unpaired) electrons. The number of urea groups is 1. The zero-order valence-corrected chi connectivity index (χ0v) is 10.4. The normalized spacial score (nSPS) is 13.7. The molecule has 1 rings (SSSR count). The predicted molar refractivity (Wildman–Crippen MR) is 65.0 cm³/mol. The molecular formula is C11H18N4O3. The molecule has 0 aliphatic carbocycles. The Labute approximate surface area is 105 Å². The first-order valence-electron chi connectivity index (χ1n) is 5.83. The fourth-order valence-electron chi connectivity index (χ4n) is 1.53. The minimum atomic E-state index is -1.03. The smallest absolute Gasteiger partial charge is 0.326 e. The maximum Gasteiger partial charge on any atom is 0.326 e. The summed E-state index contributed by atoms with van der Waals surface area (Å²) in [6.45, 7) is 3.62. The average Bonchev–Trinajstić information content (AvgIpc) is 2.81. The van der Waals surface area contributed by atoms with Crippen molar-refractivity contribution in [2.75, 3.05) is 0 Å². The van der Waals surface area contributed by atoms with Crippen molar-refractivity contribution in [2.45, 2.75) is 38.8 Å². The number of carbonyl (C=O) groups is 2. The number of hydrogen-bond acceptors (Lipinski definition) is 3. The Kier molecular flexibility index (Phi) is 5.16. The number of aliphatic carboxylic acids is 1. The molecule has 1 heterocycles. The van der Waals surface area contributed by atoms with Crippen LogP contribution in [0.1, 0.15) is 38.6 Å². The summed E-state index contributed by atoms with van der Waals surface area (Å²) in [7, 11) is 0. The topological polar surface area (TPSA) is 107 Å². The van der Waals surface area contributed by atoms with Crippen LogP contribution in [0.25, 0.3) is 0 Å². The van der Waals surface area contributed by atoms with Gasteiger partial charge in [0.15, 0.2) is 0 Å². The molecule has 0 aliphatic rings. The minimum Gasteiger partial charge on any atom is -0.480 e. The van der Waals surface area contributed by atoms with Gasteiger partial charge < -0.3 is 20.7 Å². The first-order valence-corrected chi connectivity index (χ1v) is 5.83. The van der Waals surface area contributed by atoms with Crippen LogP contribution >= 0.6 is 0 Å². The van der Waals surface area contributed by atoms with Gasteiger partial charge in [-0.05, 0) is 13.3 Å². The molecule has 0 aromatic carbocycles. The van der Waals surface area contributed by atoms with Crippen LogP contribution in [0.4, 0.5) is 4.79 Å². The molecule has 7 heteroatoms. The fraction of sp³-hybridized carbons (Fsp3) is 0.545. The van der Waals surface area contributed by atoms with Crippen LogP contribution in [-0.4, -0.2) is 33.1 Å². The second kappa shape index (κ2) is 6.63. The van der Waals surface area contributed by atoms with Gasteiger partial charge in [-0.25, -0.2) is 14.6 Å². The quantitative estimate of drug-likeness (QED) is 0.608. The summed E-state index contributed by atoms with van der Waals surface area (Å²) >= 11 is 0. The monoisotopic (exact) mass is 254 g/mol. The van der Waals surface area contributed by atoms with Gasteiger partial charge in [0.2, 0.25) is 0 Å². The second-order valence-electron chi connectivity index (χ2n) is 3.99. The third-order valence-electron chi connectivity index (χ3n) is 2.46. The lowest BCUT2D eigenvalue weighted by Gasteiger charge is -2.16. The van der Waals surface area contributed by atoms with E-state index >= 15 is 0 Å². The van der Waals surface area contributed by atoms with Crippen molar-refractivity contribution < 1.29 is 14.7 Å². The van der Waals surface area contributed by atoms with Gasteiger partial charge in [-0.1, -0.05) is 13.3 Å². The zero-order chi connectivity index (χ0) is 13.5. The number of carboxylic acid groups (broad SMARTS) is 1. The average molecular weight is 254 g/mol. The third kappa shape index (κ3) is 4.08. The Balaban J connectivity index is 2.47. The lowest BCUT2D eigenvalue weighted by Crippen LogP contribution is -2.46. The summed E-state index contributed by atoms with van der Waals surface area (Å²) in [6.07, 6.45) is 4.33. The molecule has 1 aromatic rings. The van der Waals surface area contributed by atoms with Gasteiger partial charge in [-0.2, -0.15) is 0 Å². The van der Waals surface area contributed by atoms with E-state index in [9.17, 15) is 9.59 Å². The van der Waals surface area contributed by atoms with Crippen LogP contribution in [-0.2, 0) is 4.79 Å². The van der Waals surface area contributed by atoms with Crippen LogP contribution in [0.15, 0.2) is 12.4 Å². The van der Waals surface area contributed by atoms with E-state index in [0.717, 1.165) is 0 Å². The summed E-state index contributed by atoms with van der Waals surface area (Å²) in [5.74, 6) is -0.412. The number of carboxylic acids is 1. The number of amides is 2. The molecule has 4 N–H and O–H groups in total. The molecule has 2 atom stereocenters. The molecule has 0 fully saturated rings. The van der Waals surface area contributed by atoms with E-state index in [4.69, 9.17) is 5.11 Å². The highest BCUT2D eigenvalue weighted by Gasteiger charge is 2.20. The summed E-state index contributed by atoms with van der Waals surface area (Å²) in [4.78, 5) is 29.4. The van der Waals surface area contributed by atoms with Crippen LogP contribution < -0.4 is 10.6 Å². The number of aromatic amines is 1. The number of aromatic nitrogens is 2. The van der Waals surface area contributed by atoms with Gasteiger partial charge in [-0.3, -0.25) is 0 Å². The largest absolute Gasteiger partial charge is 0.480 e. The van der Waals surface area contributed by atoms with Gasteiger partial charge in [0.1, 0.15) is 11.9 Å². The van der Waals surface area contributed by atoms with E-state index in [1.165, 1.54) is 0 Å². The molecule has 100 valence electrons. The number of nitrogens with one attached hydrogen (secondary N) is 3. The Morgan fingerprint density at radius 2 is 2.22 bits per heavy atom. The van der Waals surface area contributed by atoms with Crippen LogP contribution in [0.3, 0.4) is 0 Å². The van der Waals surface area contributed by atoms with E-state index in [1.54, 1.807) is 19.3 Å². The maximum absolute atomic E-state index is 11.6. The van der Waals surface area contributed by atoms with E-state index in [0.29, 0.717) is 18.7 Å². The third-order valence-corrected chi connectivity index (χ3v) is 2.46. The fourth-order valence-corrected chi connectivity index (χ4v) is 1.53. The van der Waals surface area contributed by atoms with Crippen LogP contribution in [0.2, 0.25) is 0 Å². The summed E-state index contributed by atoms with van der Waals surface area (Å²) in [5, 5.41) is 13.9. The van der Waals surface area contributed by atoms with Gasteiger partial charge in [0, 0.05) is 12.4 Å². The van der Waals surface area contributed by atoms with Gasteiger partial charge in [0.25, 0.3) is 0 Å². The lowest BCUT2D eigenvalue weighted by molar-refractivity contribution is -0.139. The molecule has 0 bridgehead atoms. The molecule has 0 saturated carbocycles. The molecule has 2 unspecified atom stereocenters. The van der Waals surface area contributed by atoms with Crippen molar-refractivity contribution in [3.63, 3.8) is 0 Å². The Morgan fingerprint density at radius 3 is 2.72 bits per heavy atom. The van der Waals surface area contributed by atoms with Crippen LogP contribution in [0, 0.1) is 0 Å². The maximum atomic E-state index is 11.6. The second-order valence-corrected chi connectivity index (χ2v) is 3.99. The van der Waals surface area contributed by atoms with Gasteiger partial charge in [-0.15, -0.1) is 0 Å².